The quantitative estimate of drug-likeness (QED) is 0.463. The number of halogens is 1. The van der Waals surface area contributed by atoms with Crippen LogP contribution in [0, 0.1) is 5.92 Å². The maximum Gasteiger partial charge on any atom is 0.306 e. The number of rotatable bonds is 7. The van der Waals surface area contributed by atoms with Crippen molar-refractivity contribution >= 4 is 39.3 Å². The van der Waals surface area contributed by atoms with Crippen molar-refractivity contribution in [1.29, 1.82) is 0 Å². The van der Waals surface area contributed by atoms with E-state index in [1.807, 2.05) is 23.1 Å². The largest absolute Gasteiger partial charge is 0.507 e. The molecule has 3 aromatic rings. The van der Waals surface area contributed by atoms with E-state index < -0.39 is 0 Å². The highest BCUT2D eigenvalue weighted by atomic mass is 79.9. The van der Waals surface area contributed by atoms with E-state index in [0.29, 0.717) is 36.5 Å². The highest BCUT2D eigenvalue weighted by Crippen LogP contribution is 2.31. The van der Waals surface area contributed by atoms with Crippen LogP contribution in [0.4, 0.5) is 5.82 Å². The van der Waals surface area contributed by atoms with Crippen molar-refractivity contribution in [1.82, 2.24) is 19.5 Å². The number of phenols is 1. The number of ether oxygens (including phenoxy) is 1. The van der Waals surface area contributed by atoms with Gasteiger partial charge in [0.25, 0.3) is 0 Å². The molecule has 0 bridgehead atoms. The Morgan fingerprint density at radius 2 is 2.12 bits per heavy atom. The van der Waals surface area contributed by atoms with E-state index in [0.717, 1.165) is 23.1 Å². The van der Waals surface area contributed by atoms with Crippen LogP contribution >= 0.6 is 15.9 Å². The highest BCUT2D eigenvalue weighted by molar-refractivity contribution is 9.10. The van der Waals surface area contributed by atoms with E-state index in [2.05, 4.69) is 36.1 Å². The van der Waals surface area contributed by atoms with Gasteiger partial charge < -0.3 is 20.1 Å². The Morgan fingerprint density at radius 1 is 1.30 bits per heavy atom. The van der Waals surface area contributed by atoms with Crippen LogP contribution in [-0.2, 0) is 14.3 Å². The van der Waals surface area contributed by atoms with Crippen molar-refractivity contribution in [3.8, 4) is 17.0 Å². The number of benzene rings is 1. The lowest BCUT2D eigenvalue weighted by Gasteiger charge is -2.33. The standard InChI is InChI=1S/C23H26BrN5O4/c1-33-22(32)9-8-21(31)28-10-4-5-15(14-28)12-25-20-11-18(16-6-2-3-7-19(16)30)27-23-17(24)13-26-29(20)23/h2-3,6-7,11,13,15,25,30H,4-5,8-10,12,14H2,1H3. The molecule has 3 heterocycles. The first kappa shape index (κ1) is 23.0. The lowest BCUT2D eigenvalue weighted by Crippen LogP contribution is -2.42. The van der Waals surface area contributed by atoms with Gasteiger partial charge in [0.1, 0.15) is 11.6 Å². The molecule has 10 heteroatoms. The number of aromatic hydroxyl groups is 1. The summed E-state index contributed by atoms with van der Waals surface area (Å²) in [7, 11) is 1.33. The number of esters is 1. The van der Waals surface area contributed by atoms with Crippen LogP contribution in [-0.4, -0.2) is 63.2 Å². The lowest BCUT2D eigenvalue weighted by molar-refractivity contribution is -0.144. The number of likely N-dealkylation sites (tertiary alicyclic amines) is 1. The molecular formula is C23H26BrN5O4. The molecule has 9 nitrogen and oxygen atoms in total. The van der Waals surface area contributed by atoms with E-state index >= 15 is 0 Å². The third kappa shape index (κ3) is 5.27. The predicted molar refractivity (Wildman–Crippen MR) is 127 cm³/mol. The normalized spacial score (nSPS) is 16.1. The Balaban J connectivity index is 1.48. The zero-order chi connectivity index (χ0) is 23.4. The number of nitrogens with zero attached hydrogens (tertiary/aromatic N) is 4. The molecule has 33 heavy (non-hydrogen) atoms. The molecule has 0 radical (unpaired) electrons. The van der Waals surface area contributed by atoms with Gasteiger partial charge in [-0.25, -0.2) is 4.98 Å². The molecule has 1 aliphatic rings. The van der Waals surface area contributed by atoms with Crippen LogP contribution in [0.2, 0.25) is 0 Å². The second-order valence-corrected chi connectivity index (χ2v) is 8.93. The molecule has 1 fully saturated rings. The van der Waals surface area contributed by atoms with Gasteiger partial charge in [0.15, 0.2) is 5.65 Å². The zero-order valence-corrected chi connectivity index (χ0v) is 19.9. The number of hydrogen-bond donors (Lipinski definition) is 2. The molecule has 2 N–H and O–H groups in total. The summed E-state index contributed by atoms with van der Waals surface area (Å²) in [5.41, 5.74) is 1.91. The monoisotopic (exact) mass is 515 g/mol. The molecule has 1 aromatic carbocycles. The smallest absolute Gasteiger partial charge is 0.306 e. The summed E-state index contributed by atoms with van der Waals surface area (Å²) in [5, 5.41) is 18.2. The number of nitrogens with one attached hydrogen (secondary N) is 1. The maximum absolute atomic E-state index is 12.5. The van der Waals surface area contributed by atoms with Gasteiger partial charge in [0.05, 0.1) is 29.9 Å². The molecule has 1 atom stereocenters. The summed E-state index contributed by atoms with van der Waals surface area (Å²) in [4.78, 5) is 30.3. The average molecular weight is 516 g/mol. The number of hydrogen-bond acceptors (Lipinski definition) is 7. The molecule has 0 spiro atoms. The van der Waals surface area contributed by atoms with E-state index in [-0.39, 0.29) is 36.4 Å². The summed E-state index contributed by atoms with van der Waals surface area (Å²) in [6, 6.07) is 8.94. The molecule has 0 aliphatic carbocycles. The number of methoxy groups -OCH3 is 1. The van der Waals surface area contributed by atoms with E-state index in [1.54, 1.807) is 22.8 Å². The summed E-state index contributed by atoms with van der Waals surface area (Å²) < 4.78 is 7.10. The average Bonchev–Trinajstić information content (AvgIpc) is 3.22. The topological polar surface area (TPSA) is 109 Å². The van der Waals surface area contributed by atoms with Crippen molar-refractivity contribution in [2.75, 3.05) is 32.1 Å². The second kappa shape index (κ2) is 10.2. The van der Waals surface area contributed by atoms with Gasteiger partial charge in [0, 0.05) is 37.7 Å². The van der Waals surface area contributed by atoms with Crippen molar-refractivity contribution in [3.63, 3.8) is 0 Å². The second-order valence-electron chi connectivity index (χ2n) is 8.08. The summed E-state index contributed by atoms with van der Waals surface area (Å²) in [6.45, 7) is 1.99. The fraction of sp³-hybridized carbons (Fsp3) is 0.391. The van der Waals surface area contributed by atoms with Crippen LogP contribution < -0.4 is 5.32 Å². The van der Waals surface area contributed by atoms with Crippen LogP contribution in [0.1, 0.15) is 25.7 Å². The minimum Gasteiger partial charge on any atom is -0.507 e. The van der Waals surface area contributed by atoms with Crippen LogP contribution in [0.5, 0.6) is 5.75 Å². The van der Waals surface area contributed by atoms with E-state index in [9.17, 15) is 14.7 Å². The van der Waals surface area contributed by atoms with Gasteiger partial charge in [-0.3, -0.25) is 9.59 Å². The number of piperidine rings is 1. The van der Waals surface area contributed by atoms with Gasteiger partial charge in [-0.05, 0) is 46.8 Å². The molecule has 174 valence electrons. The van der Waals surface area contributed by atoms with Crippen LogP contribution in [0.3, 0.4) is 0 Å². The predicted octanol–water partition coefficient (Wildman–Crippen LogP) is 3.47. The molecule has 1 aliphatic heterocycles. The highest BCUT2D eigenvalue weighted by Gasteiger charge is 2.24. The third-order valence-corrected chi connectivity index (χ3v) is 6.38. The fourth-order valence-corrected chi connectivity index (χ4v) is 4.41. The Morgan fingerprint density at radius 3 is 2.91 bits per heavy atom. The first-order valence-corrected chi connectivity index (χ1v) is 11.7. The SMILES string of the molecule is COC(=O)CCC(=O)N1CCCC(CNc2cc(-c3ccccc3O)nc3c(Br)cnn23)C1. The van der Waals surface area contributed by atoms with Crippen molar-refractivity contribution in [2.45, 2.75) is 25.7 Å². The maximum atomic E-state index is 12.5. The van der Waals surface area contributed by atoms with Crippen molar-refractivity contribution in [3.05, 3.63) is 41.0 Å². The van der Waals surface area contributed by atoms with E-state index in [1.165, 1.54) is 7.11 Å². The van der Waals surface area contributed by atoms with Gasteiger partial charge in [-0.2, -0.15) is 9.61 Å². The minimum atomic E-state index is -0.370. The number of anilines is 1. The van der Waals surface area contributed by atoms with Crippen LogP contribution in [0.25, 0.3) is 16.9 Å². The van der Waals surface area contributed by atoms with Crippen LogP contribution in [0.15, 0.2) is 41.0 Å². The molecule has 1 amide bonds. The molecule has 1 unspecified atom stereocenters. The number of carbonyl (C=O) groups excluding carboxylic acids is 2. The molecule has 1 saturated heterocycles. The number of fused-ring (bicyclic) bond motifs is 1. The van der Waals surface area contributed by atoms with E-state index in [4.69, 9.17) is 0 Å². The number of para-hydroxylation sites is 1. The molecule has 4 rings (SSSR count). The molecule has 0 saturated carbocycles. The Hall–Kier alpha value is -3.14. The van der Waals surface area contributed by atoms with Gasteiger partial charge in [-0.15, -0.1) is 0 Å². The number of amides is 1. The Labute approximate surface area is 199 Å². The van der Waals surface area contributed by atoms with Gasteiger partial charge >= 0.3 is 5.97 Å². The first-order chi connectivity index (χ1) is 16.0. The number of carbonyl (C=O) groups is 2. The molecule has 2 aromatic heterocycles. The Kier molecular flexibility index (Phi) is 7.12. The zero-order valence-electron chi connectivity index (χ0n) is 18.3. The third-order valence-electron chi connectivity index (χ3n) is 5.82. The summed E-state index contributed by atoms with van der Waals surface area (Å²) in [5.74, 6) is 0.777. The van der Waals surface area contributed by atoms with Gasteiger partial charge in [0.2, 0.25) is 5.91 Å². The lowest BCUT2D eigenvalue weighted by atomic mass is 9.97. The molecular weight excluding hydrogens is 490 g/mol. The fourth-order valence-electron chi connectivity index (χ4n) is 4.07. The summed E-state index contributed by atoms with van der Waals surface area (Å²) >= 11 is 3.49. The number of aromatic nitrogens is 3. The van der Waals surface area contributed by atoms with Crippen molar-refractivity contribution < 1.29 is 19.4 Å². The number of phenolic OH excluding ortho intramolecular Hbond substituents is 1. The first-order valence-electron chi connectivity index (χ1n) is 10.9. The Bertz CT molecular complexity index is 1160. The van der Waals surface area contributed by atoms with Crippen molar-refractivity contribution in [2.24, 2.45) is 5.92 Å². The van der Waals surface area contributed by atoms with Gasteiger partial charge in [-0.1, -0.05) is 12.1 Å². The summed E-state index contributed by atoms with van der Waals surface area (Å²) in [6.07, 6.45) is 3.87. The minimum absolute atomic E-state index is 0.0192.